The number of likely N-dealkylation sites (tertiary alicyclic amines) is 1. The molecule has 6 nitrogen and oxygen atoms in total. The predicted molar refractivity (Wildman–Crippen MR) is 94.3 cm³/mol. The Morgan fingerprint density at radius 1 is 1.17 bits per heavy atom. The van der Waals surface area contributed by atoms with E-state index in [9.17, 15) is 9.59 Å². The van der Waals surface area contributed by atoms with E-state index >= 15 is 0 Å². The van der Waals surface area contributed by atoms with Crippen LogP contribution in [0.15, 0.2) is 23.0 Å². The number of piperazine rings is 1. The van der Waals surface area contributed by atoms with Gasteiger partial charge in [0.05, 0.1) is 0 Å². The third-order valence-electron chi connectivity index (χ3n) is 5.26. The van der Waals surface area contributed by atoms with Crippen LogP contribution in [-0.4, -0.2) is 77.9 Å². The average molecular weight is 332 g/mol. The number of amides is 1. The van der Waals surface area contributed by atoms with Crippen molar-refractivity contribution in [2.75, 3.05) is 46.3 Å². The topological polar surface area (TPSA) is 59.6 Å². The predicted octanol–water partition coefficient (Wildman–Crippen LogP) is 1.01. The minimum atomic E-state index is -0.216. The molecule has 2 aliphatic heterocycles. The molecule has 132 valence electrons. The van der Waals surface area contributed by atoms with E-state index in [4.69, 9.17) is 0 Å². The molecule has 2 fully saturated rings. The van der Waals surface area contributed by atoms with Crippen LogP contribution in [0, 0.1) is 0 Å². The average Bonchev–Trinajstić information content (AvgIpc) is 2.61. The highest BCUT2D eigenvalue weighted by Gasteiger charge is 2.28. The lowest BCUT2D eigenvalue weighted by atomic mass is 9.98. The first-order valence-electron chi connectivity index (χ1n) is 9.05. The molecule has 1 aromatic rings. The maximum absolute atomic E-state index is 12.8. The fourth-order valence-corrected chi connectivity index (χ4v) is 3.70. The number of carbonyl (C=O) groups excluding carboxylic acids is 1. The Balaban J connectivity index is 1.60. The standard InChI is InChI=1S/C18H28N4O2/c1-20-11-13-21(14-12-20)10-8-15-5-2-3-9-22(15)18(24)16-6-4-7-17(23)19-16/h4,6-7,15H,2-3,5,8-14H2,1H3,(H,19,23)/t15-/m1/s1. The number of aromatic amines is 1. The van der Waals surface area contributed by atoms with Crippen LogP contribution in [-0.2, 0) is 0 Å². The first kappa shape index (κ1) is 17.2. The normalized spacial score (nSPS) is 23.4. The maximum Gasteiger partial charge on any atom is 0.270 e. The molecule has 0 aliphatic carbocycles. The van der Waals surface area contributed by atoms with Gasteiger partial charge in [0.1, 0.15) is 5.69 Å². The minimum absolute atomic E-state index is 0.0317. The quantitative estimate of drug-likeness (QED) is 0.894. The van der Waals surface area contributed by atoms with Gasteiger partial charge in [0.15, 0.2) is 0 Å². The van der Waals surface area contributed by atoms with Crippen LogP contribution in [0.2, 0.25) is 0 Å². The van der Waals surface area contributed by atoms with E-state index in [-0.39, 0.29) is 17.5 Å². The molecule has 1 amide bonds. The summed E-state index contributed by atoms with van der Waals surface area (Å²) in [4.78, 5) is 33.8. The Kier molecular flexibility index (Phi) is 5.68. The molecule has 3 heterocycles. The Labute approximate surface area is 143 Å². The maximum atomic E-state index is 12.8. The zero-order chi connectivity index (χ0) is 16.9. The summed E-state index contributed by atoms with van der Waals surface area (Å²) in [5, 5.41) is 0. The van der Waals surface area contributed by atoms with Crippen molar-refractivity contribution in [3.05, 3.63) is 34.2 Å². The molecule has 1 N–H and O–H groups in total. The molecule has 0 aromatic carbocycles. The largest absolute Gasteiger partial charge is 0.334 e. The lowest BCUT2D eigenvalue weighted by Gasteiger charge is -2.38. The summed E-state index contributed by atoms with van der Waals surface area (Å²) in [5.74, 6) is -0.0317. The highest BCUT2D eigenvalue weighted by Crippen LogP contribution is 2.22. The third-order valence-corrected chi connectivity index (χ3v) is 5.26. The number of piperidine rings is 1. The highest BCUT2D eigenvalue weighted by atomic mass is 16.2. The fraction of sp³-hybridized carbons (Fsp3) is 0.667. The van der Waals surface area contributed by atoms with Gasteiger partial charge in [-0.05, 0) is 38.8 Å². The molecule has 2 aliphatic rings. The number of hydrogen-bond donors (Lipinski definition) is 1. The van der Waals surface area contributed by atoms with E-state index in [1.165, 1.54) is 12.5 Å². The molecule has 0 bridgehead atoms. The molecule has 3 rings (SSSR count). The van der Waals surface area contributed by atoms with Crippen molar-refractivity contribution < 1.29 is 4.79 Å². The summed E-state index contributed by atoms with van der Waals surface area (Å²) in [6.45, 7) is 6.32. The number of hydrogen-bond acceptors (Lipinski definition) is 4. The van der Waals surface area contributed by atoms with Crippen LogP contribution in [0.3, 0.4) is 0 Å². The van der Waals surface area contributed by atoms with Crippen molar-refractivity contribution in [1.82, 2.24) is 19.7 Å². The third kappa shape index (κ3) is 4.24. The molecular weight excluding hydrogens is 304 g/mol. The Hall–Kier alpha value is -1.66. The minimum Gasteiger partial charge on any atom is -0.334 e. The molecule has 0 saturated carbocycles. The molecular formula is C18H28N4O2. The van der Waals surface area contributed by atoms with Crippen LogP contribution in [0.5, 0.6) is 0 Å². The van der Waals surface area contributed by atoms with E-state index < -0.39 is 0 Å². The number of nitrogens with zero attached hydrogens (tertiary/aromatic N) is 3. The SMILES string of the molecule is CN1CCN(CC[C@H]2CCCCN2C(=O)c2cccc(=O)[nH]2)CC1. The van der Waals surface area contributed by atoms with Gasteiger partial charge in [0, 0.05) is 51.4 Å². The van der Waals surface area contributed by atoms with E-state index in [1.807, 2.05) is 4.90 Å². The van der Waals surface area contributed by atoms with E-state index in [0.717, 1.165) is 58.5 Å². The van der Waals surface area contributed by atoms with Crippen molar-refractivity contribution in [3.8, 4) is 0 Å². The summed E-state index contributed by atoms with van der Waals surface area (Å²) in [7, 11) is 2.17. The summed E-state index contributed by atoms with van der Waals surface area (Å²) in [5.41, 5.74) is 0.195. The second-order valence-electron chi connectivity index (χ2n) is 7.01. The van der Waals surface area contributed by atoms with E-state index in [2.05, 4.69) is 21.8 Å². The van der Waals surface area contributed by atoms with E-state index in [1.54, 1.807) is 12.1 Å². The summed E-state index contributed by atoms with van der Waals surface area (Å²) in [6, 6.07) is 5.08. The lowest BCUT2D eigenvalue weighted by Crippen LogP contribution is -2.48. The van der Waals surface area contributed by atoms with Gasteiger partial charge in [-0.25, -0.2) is 0 Å². The van der Waals surface area contributed by atoms with Crippen molar-refractivity contribution in [1.29, 1.82) is 0 Å². The summed E-state index contributed by atoms with van der Waals surface area (Å²) in [6.07, 6.45) is 4.32. The number of aromatic nitrogens is 1. The van der Waals surface area contributed by atoms with Gasteiger partial charge in [-0.15, -0.1) is 0 Å². The monoisotopic (exact) mass is 332 g/mol. The van der Waals surface area contributed by atoms with Crippen molar-refractivity contribution in [2.24, 2.45) is 0 Å². The van der Waals surface area contributed by atoms with Crippen LogP contribution < -0.4 is 5.56 Å². The second kappa shape index (κ2) is 7.94. The summed E-state index contributed by atoms with van der Waals surface area (Å²) < 4.78 is 0. The van der Waals surface area contributed by atoms with Crippen LogP contribution in [0.4, 0.5) is 0 Å². The summed E-state index contributed by atoms with van der Waals surface area (Å²) >= 11 is 0. The van der Waals surface area contributed by atoms with Gasteiger partial charge in [-0.3, -0.25) is 9.59 Å². The van der Waals surface area contributed by atoms with Crippen LogP contribution in [0.1, 0.15) is 36.2 Å². The van der Waals surface area contributed by atoms with Crippen molar-refractivity contribution >= 4 is 5.91 Å². The smallest absolute Gasteiger partial charge is 0.270 e. The van der Waals surface area contributed by atoms with Gasteiger partial charge in [-0.2, -0.15) is 0 Å². The van der Waals surface area contributed by atoms with Gasteiger partial charge in [-0.1, -0.05) is 6.07 Å². The molecule has 1 aromatic heterocycles. The zero-order valence-electron chi connectivity index (χ0n) is 14.5. The highest BCUT2D eigenvalue weighted by molar-refractivity contribution is 5.92. The Bertz CT molecular complexity index is 607. The van der Waals surface area contributed by atoms with Crippen LogP contribution >= 0.6 is 0 Å². The molecule has 0 spiro atoms. The molecule has 24 heavy (non-hydrogen) atoms. The lowest BCUT2D eigenvalue weighted by molar-refractivity contribution is 0.0563. The van der Waals surface area contributed by atoms with Crippen LogP contribution in [0.25, 0.3) is 0 Å². The Morgan fingerprint density at radius 2 is 1.96 bits per heavy atom. The number of rotatable bonds is 4. The molecule has 6 heteroatoms. The van der Waals surface area contributed by atoms with E-state index in [0.29, 0.717) is 5.69 Å². The van der Waals surface area contributed by atoms with Gasteiger partial charge in [0.25, 0.3) is 5.91 Å². The zero-order valence-corrected chi connectivity index (χ0v) is 14.5. The van der Waals surface area contributed by atoms with Crippen molar-refractivity contribution in [2.45, 2.75) is 31.7 Å². The molecule has 0 unspecified atom stereocenters. The number of nitrogens with one attached hydrogen (secondary N) is 1. The first-order chi connectivity index (χ1) is 11.6. The first-order valence-corrected chi connectivity index (χ1v) is 9.05. The fourth-order valence-electron chi connectivity index (χ4n) is 3.70. The Morgan fingerprint density at radius 3 is 2.71 bits per heavy atom. The molecule has 1 atom stereocenters. The molecule has 2 saturated heterocycles. The second-order valence-corrected chi connectivity index (χ2v) is 7.01. The number of likely N-dealkylation sites (N-methyl/N-ethyl adjacent to an activating group) is 1. The van der Waals surface area contributed by atoms with Crippen molar-refractivity contribution in [3.63, 3.8) is 0 Å². The number of carbonyl (C=O) groups is 1. The van der Waals surface area contributed by atoms with Gasteiger partial charge >= 0.3 is 0 Å². The van der Waals surface area contributed by atoms with Gasteiger partial charge in [0.2, 0.25) is 5.56 Å². The number of H-pyrrole nitrogens is 1. The van der Waals surface area contributed by atoms with Gasteiger partial charge < -0.3 is 19.7 Å². The number of pyridine rings is 1. The molecule has 0 radical (unpaired) electrons.